The van der Waals surface area contributed by atoms with E-state index in [1.165, 1.54) is 6.07 Å². The van der Waals surface area contributed by atoms with Gasteiger partial charge in [0, 0.05) is 19.7 Å². The topological polar surface area (TPSA) is 71.1 Å². The summed E-state index contributed by atoms with van der Waals surface area (Å²) >= 11 is 0. The molecule has 0 aromatic heterocycles. The van der Waals surface area contributed by atoms with Crippen LogP contribution in [0.3, 0.4) is 0 Å². The number of rotatable bonds is 6. The minimum atomic E-state index is -0.518. The second kappa shape index (κ2) is 6.94. The van der Waals surface area contributed by atoms with E-state index in [1.807, 2.05) is 18.7 Å². The van der Waals surface area contributed by atoms with Crippen LogP contribution in [0.2, 0.25) is 0 Å². The normalized spacial score (nSPS) is 13.4. The van der Waals surface area contributed by atoms with E-state index in [0.717, 1.165) is 0 Å². The Bertz CT molecular complexity index is 452. The van der Waals surface area contributed by atoms with Crippen molar-refractivity contribution >= 4 is 11.5 Å². The van der Waals surface area contributed by atoms with E-state index in [9.17, 15) is 4.39 Å². The first-order valence-electron chi connectivity index (χ1n) is 6.08. The fourth-order valence-electron chi connectivity index (χ4n) is 2.11. The van der Waals surface area contributed by atoms with Gasteiger partial charge in [-0.05, 0) is 26.0 Å². The number of methoxy groups -OCH3 is 1. The summed E-state index contributed by atoms with van der Waals surface area (Å²) in [4.78, 5) is 1.94. The highest BCUT2D eigenvalue weighted by molar-refractivity contribution is 6.02. The molecule has 1 aromatic rings. The highest BCUT2D eigenvalue weighted by atomic mass is 19.1. The Morgan fingerprint density at radius 1 is 1.58 bits per heavy atom. The van der Waals surface area contributed by atoms with Crippen molar-refractivity contribution in [2.45, 2.75) is 19.9 Å². The molecule has 0 heterocycles. The molecule has 1 unspecified atom stereocenters. The van der Waals surface area contributed by atoms with Gasteiger partial charge in [-0.15, -0.1) is 0 Å². The minimum absolute atomic E-state index is 0.0436. The van der Waals surface area contributed by atoms with Gasteiger partial charge in [0.05, 0.1) is 17.9 Å². The number of hydrogen-bond donors (Lipinski definition) is 2. The predicted molar refractivity (Wildman–Crippen MR) is 73.3 cm³/mol. The van der Waals surface area contributed by atoms with Crippen LogP contribution in [0, 0.1) is 5.82 Å². The number of hydrogen-bond acceptors (Lipinski definition) is 4. The van der Waals surface area contributed by atoms with Gasteiger partial charge in [-0.2, -0.15) is 0 Å². The first-order chi connectivity index (χ1) is 9.06. The zero-order chi connectivity index (χ0) is 14.4. The number of likely N-dealkylation sites (N-methyl/N-ethyl adjacent to an activating group) is 1. The molecular weight excluding hydrogens is 249 g/mol. The molecular formula is C13H20FN3O2. The lowest BCUT2D eigenvalue weighted by Crippen LogP contribution is -2.37. The molecule has 1 rings (SSSR count). The van der Waals surface area contributed by atoms with Crippen LogP contribution in [0.15, 0.2) is 23.4 Å². The van der Waals surface area contributed by atoms with Crippen molar-refractivity contribution in [2.75, 3.05) is 25.2 Å². The molecule has 1 atom stereocenters. The average Bonchev–Trinajstić information content (AvgIpc) is 2.39. The molecule has 6 heteroatoms. The first-order valence-corrected chi connectivity index (χ1v) is 6.08. The van der Waals surface area contributed by atoms with Gasteiger partial charge in [0.2, 0.25) is 0 Å². The molecule has 0 saturated carbocycles. The molecule has 106 valence electrons. The van der Waals surface area contributed by atoms with Crippen LogP contribution < -0.4 is 10.6 Å². The van der Waals surface area contributed by atoms with Gasteiger partial charge in [0.25, 0.3) is 0 Å². The second-order valence-electron chi connectivity index (χ2n) is 4.21. The maximum Gasteiger partial charge on any atom is 0.175 e. The summed E-state index contributed by atoms with van der Waals surface area (Å²) in [5.41, 5.74) is 6.26. The van der Waals surface area contributed by atoms with Crippen LogP contribution in [-0.4, -0.2) is 37.3 Å². The molecule has 0 bridgehead atoms. The van der Waals surface area contributed by atoms with Crippen molar-refractivity contribution in [3.63, 3.8) is 0 Å². The van der Waals surface area contributed by atoms with Crippen LogP contribution in [0.4, 0.5) is 10.1 Å². The SMILES string of the molecule is CCN(c1cccc(F)c1C(N)=NO)C(C)COC. The Balaban J connectivity index is 3.27. The molecule has 19 heavy (non-hydrogen) atoms. The van der Waals surface area contributed by atoms with Gasteiger partial charge >= 0.3 is 0 Å². The molecule has 0 fully saturated rings. The zero-order valence-corrected chi connectivity index (χ0v) is 11.4. The van der Waals surface area contributed by atoms with E-state index in [2.05, 4.69) is 5.16 Å². The van der Waals surface area contributed by atoms with Gasteiger partial charge in [0.1, 0.15) is 5.82 Å². The predicted octanol–water partition coefficient (Wildman–Crippen LogP) is 1.78. The number of oxime groups is 1. The van der Waals surface area contributed by atoms with Crippen LogP contribution in [-0.2, 0) is 4.74 Å². The second-order valence-corrected chi connectivity index (χ2v) is 4.21. The van der Waals surface area contributed by atoms with Crippen molar-refractivity contribution in [1.29, 1.82) is 0 Å². The Labute approximate surface area is 112 Å². The number of amidine groups is 1. The summed E-state index contributed by atoms with van der Waals surface area (Å²) in [6, 6.07) is 4.67. The lowest BCUT2D eigenvalue weighted by molar-refractivity contribution is 0.182. The van der Waals surface area contributed by atoms with Crippen LogP contribution >= 0.6 is 0 Å². The summed E-state index contributed by atoms with van der Waals surface area (Å²) in [5, 5.41) is 11.7. The molecule has 0 radical (unpaired) electrons. The summed E-state index contributed by atoms with van der Waals surface area (Å²) in [5.74, 6) is -0.757. The third-order valence-corrected chi connectivity index (χ3v) is 2.95. The summed E-state index contributed by atoms with van der Waals surface area (Å²) in [6.45, 7) is 5.07. The van der Waals surface area contributed by atoms with Gasteiger partial charge in [-0.25, -0.2) is 4.39 Å². The summed E-state index contributed by atoms with van der Waals surface area (Å²) < 4.78 is 19.0. The van der Waals surface area contributed by atoms with Gasteiger partial charge < -0.3 is 20.6 Å². The van der Waals surface area contributed by atoms with E-state index < -0.39 is 5.82 Å². The van der Waals surface area contributed by atoms with Crippen molar-refractivity contribution in [1.82, 2.24) is 0 Å². The maximum absolute atomic E-state index is 13.9. The van der Waals surface area contributed by atoms with Gasteiger partial charge in [-0.3, -0.25) is 0 Å². The molecule has 0 saturated heterocycles. The Hall–Kier alpha value is -1.82. The standard InChI is InChI=1S/C13H20FN3O2/c1-4-17(9(2)8-19-3)11-7-5-6-10(14)12(11)13(15)16-18/h5-7,9,18H,4,8H2,1-3H3,(H2,15,16). The van der Waals surface area contributed by atoms with Crippen molar-refractivity contribution in [3.05, 3.63) is 29.6 Å². The fourth-order valence-corrected chi connectivity index (χ4v) is 2.11. The molecule has 3 N–H and O–H groups in total. The van der Waals surface area contributed by atoms with E-state index in [1.54, 1.807) is 19.2 Å². The number of halogens is 1. The first kappa shape index (κ1) is 15.2. The number of ether oxygens (including phenoxy) is 1. The highest BCUT2D eigenvalue weighted by Gasteiger charge is 2.20. The smallest absolute Gasteiger partial charge is 0.175 e. The lowest BCUT2D eigenvalue weighted by atomic mass is 10.1. The lowest BCUT2D eigenvalue weighted by Gasteiger charge is -2.31. The fraction of sp³-hybridized carbons (Fsp3) is 0.462. The highest BCUT2D eigenvalue weighted by Crippen LogP contribution is 2.25. The van der Waals surface area contributed by atoms with Gasteiger partial charge in [0.15, 0.2) is 5.84 Å². The number of anilines is 1. The Morgan fingerprint density at radius 2 is 2.26 bits per heavy atom. The number of nitrogens with two attached hydrogens (primary N) is 1. The molecule has 1 aromatic carbocycles. The molecule has 5 nitrogen and oxygen atoms in total. The van der Waals surface area contributed by atoms with Crippen LogP contribution in [0.5, 0.6) is 0 Å². The van der Waals surface area contributed by atoms with E-state index >= 15 is 0 Å². The van der Waals surface area contributed by atoms with Gasteiger partial charge in [-0.1, -0.05) is 11.2 Å². The van der Waals surface area contributed by atoms with Crippen LogP contribution in [0.1, 0.15) is 19.4 Å². The van der Waals surface area contributed by atoms with E-state index in [4.69, 9.17) is 15.7 Å². The number of benzene rings is 1. The molecule has 0 aliphatic rings. The number of nitrogens with zero attached hydrogens (tertiary/aromatic N) is 2. The van der Waals surface area contributed by atoms with Crippen LogP contribution in [0.25, 0.3) is 0 Å². The maximum atomic E-state index is 13.9. The molecule has 0 aliphatic heterocycles. The monoisotopic (exact) mass is 269 g/mol. The van der Waals surface area contributed by atoms with Crippen molar-refractivity contribution in [3.8, 4) is 0 Å². The zero-order valence-electron chi connectivity index (χ0n) is 11.4. The van der Waals surface area contributed by atoms with Crippen molar-refractivity contribution < 1.29 is 14.3 Å². The molecule has 0 amide bonds. The summed E-state index contributed by atoms with van der Waals surface area (Å²) in [7, 11) is 1.61. The minimum Gasteiger partial charge on any atom is -0.409 e. The average molecular weight is 269 g/mol. The Kier molecular flexibility index (Phi) is 5.57. The van der Waals surface area contributed by atoms with Crippen molar-refractivity contribution in [2.24, 2.45) is 10.9 Å². The Morgan fingerprint density at radius 3 is 2.79 bits per heavy atom. The molecule has 0 aliphatic carbocycles. The van der Waals surface area contributed by atoms with E-state index in [-0.39, 0.29) is 17.4 Å². The third kappa shape index (κ3) is 3.35. The summed E-state index contributed by atoms with van der Waals surface area (Å²) in [6.07, 6.45) is 0. The third-order valence-electron chi connectivity index (χ3n) is 2.95. The molecule has 0 spiro atoms. The quantitative estimate of drug-likeness (QED) is 0.357. The largest absolute Gasteiger partial charge is 0.409 e. The van der Waals surface area contributed by atoms with E-state index in [0.29, 0.717) is 18.8 Å².